The van der Waals surface area contributed by atoms with Gasteiger partial charge < -0.3 is 14.7 Å². The molecule has 2 aliphatic rings. The van der Waals surface area contributed by atoms with Crippen LogP contribution in [0.5, 0.6) is 11.5 Å². The lowest BCUT2D eigenvalue weighted by Gasteiger charge is -2.35. The molecule has 1 atom stereocenters. The Balaban J connectivity index is 1.48. The fourth-order valence-electron chi connectivity index (χ4n) is 5.65. The number of guanidine groups is 1. The molecule has 0 radical (unpaired) electrons. The summed E-state index contributed by atoms with van der Waals surface area (Å²) < 4.78 is 7.28. The number of phenolic OH excluding ortho intramolecular Hbond substituents is 1. The lowest BCUT2D eigenvalue weighted by Crippen LogP contribution is -2.42. The third kappa shape index (κ3) is 3.66. The molecule has 7 rings (SSSR count). The van der Waals surface area contributed by atoms with Crippen LogP contribution in [0.1, 0.15) is 28.4 Å². The van der Waals surface area contributed by atoms with Crippen LogP contribution in [0.15, 0.2) is 108 Å². The van der Waals surface area contributed by atoms with Crippen LogP contribution in [-0.4, -0.2) is 28.0 Å². The molecule has 4 aromatic carbocycles. The lowest BCUT2D eigenvalue weighted by molar-refractivity contribution is 0.373. The van der Waals surface area contributed by atoms with Crippen molar-refractivity contribution in [1.29, 1.82) is 0 Å². The summed E-state index contributed by atoms with van der Waals surface area (Å²) >= 11 is 0. The summed E-state index contributed by atoms with van der Waals surface area (Å²) in [7, 11) is 1.56. The number of anilines is 2. The van der Waals surface area contributed by atoms with Gasteiger partial charge in [-0.25, -0.2) is 4.68 Å². The van der Waals surface area contributed by atoms with Crippen LogP contribution in [-0.2, 0) is 6.54 Å². The SMILES string of the molecule is COc1ccc([C@H]2c3c(C)nn(-c4ccccc4)c3N=C3N(Cc4ccccc4)c4ccccc4N32)cc1O. The molecule has 5 aromatic rings. The normalized spacial score (nSPS) is 15.4. The largest absolute Gasteiger partial charge is 0.504 e. The number of benzene rings is 4. The third-order valence-electron chi connectivity index (χ3n) is 7.41. The number of aryl methyl sites for hydroxylation is 1. The van der Waals surface area contributed by atoms with E-state index in [0.29, 0.717) is 12.3 Å². The zero-order valence-corrected chi connectivity index (χ0v) is 21.7. The van der Waals surface area contributed by atoms with Gasteiger partial charge in [-0.15, -0.1) is 0 Å². The first-order valence-corrected chi connectivity index (χ1v) is 12.9. The number of methoxy groups -OCH3 is 1. The maximum absolute atomic E-state index is 10.8. The maximum Gasteiger partial charge on any atom is 0.213 e. The first kappa shape index (κ1) is 23.1. The molecular weight excluding hydrogens is 486 g/mol. The van der Waals surface area contributed by atoms with Crippen LogP contribution in [0.2, 0.25) is 0 Å². The van der Waals surface area contributed by atoms with E-state index >= 15 is 0 Å². The molecule has 1 N–H and O–H groups in total. The molecule has 7 nitrogen and oxygen atoms in total. The summed E-state index contributed by atoms with van der Waals surface area (Å²) in [5, 5.41) is 15.8. The van der Waals surface area contributed by atoms with E-state index in [2.05, 4.69) is 58.3 Å². The van der Waals surface area contributed by atoms with Crippen molar-refractivity contribution in [2.45, 2.75) is 19.5 Å². The van der Waals surface area contributed by atoms with Gasteiger partial charge in [-0.1, -0.05) is 66.7 Å². The van der Waals surface area contributed by atoms with Crippen molar-refractivity contribution in [1.82, 2.24) is 9.78 Å². The van der Waals surface area contributed by atoms with Gasteiger partial charge in [0.15, 0.2) is 17.3 Å². The van der Waals surface area contributed by atoms with Gasteiger partial charge in [-0.05, 0) is 54.4 Å². The van der Waals surface area contributed by atoms with Crippen LogP contribution in [0, 0.1) is 6.92 Å². The van der Waals surface area contributed by atoms with E-state index in [9.17, 15) is 5.11 Å². The number of aromatic nitrogens is 2. The van der Waals surface area contributed by atoms with E-state index in [0.717, 1.165) is 45.7 Å². The van der Waals surface area contributed by atoms with E-state index in [1.165, 1.54) is 5.56 Å². The quantitative estimate of drug-likeness (QED) is 0.290. The van der Waals surface area contributed by atoms with Gasteiger partial charge in [-0.2, -0.15) is 10.1 Å². The molecule has 0 amide bonds. The van der Waals surface area contributed by atoms with Gasteiger partial charge in [0.05, 0.1) is 42.5 Å². The number of rotatable bonds is 5. The highest BCUT2D eigenvalue weighted by Gasteiger charge is 2.44. The number of hydrogen-bond donors (Lipinski definition) is 1. The first-order chi connectivity index (χ1) is 19.1. The van der Waals surface area contributed by atoms with Crippen LogP contribution < -0.4 is 14.5 Å². The Labute approximate surface area is 226 Å². The van der Waals surface area contributed by atoms with Crippen LogP contribution >= 0.6 is 0 Å². The number of fused-ring (bicyclic) bond motifs is 4. The second kappa shape index (κ2) is 9.06. The molecule has 7 heteroatoms. The highest BCUT2D eigenvalue weighted by atomic mass is 16.5. The zero-order valence-electron chi connectivity index (χ0n) is 21.7. The van der Waals surface area contributed by atoms with Crippen molar-refractivity contribution in [2.24, 2.45) is 4.99 Å². The summed E-state index contributed by atoms with van der Waals surface area (Å²) in [5.74, 6) is 2.15. The Kier molecular flexibility index (Phi) is 5.37. The van der Waals surface area contributed by atoms with E-state index in [-0.39, 0.29) is 11.8 Å². The Morgan fingerprint density at radius 3 is 2.26 bits per heavy atom. The molecule has 192 valence electrons. The number of ether oxygens (including phenoxy) is 1. The predicted octanol–water partition coefficient (Wildman–Crippen LogP) is 6.51. The van der Waals surface area contributed by atoms with E-state index in [4.69, 9.17) is 14.8 Å². The molecule has 39 heavy (non-hydrogen) atoms. The summed E-state index contributed by atoms with van der Waals surface area (Å²) in [6.45, 7) is 2.69. The first-order valence-electron chi connectivity index (χ1n) is 12.9. The average Bonchev–Trinajstić information content (AvgIpc) is 3.47. The minimum atomic E-state index is -0.260. The van der Waals surface area contributed by atoms with E-state index < -0.39 is 0 Å². The molecule has 3 heterocycles. The van der Waals surface area contributed by atoms with Gasteiger partial charge in [0.1, 0.15) is 0 Å². The Hall–Kier alpha value is -5.04. The Bertz CT molecular complexity index is 1710. The highest BCUT2D eigenvalue weighted by Crippen LogP contribution is 2.51. The second-order valence-corrected chi connectivity index (χ2v) is 9.75. The minimum absolute atomic E-state index is 0.0994. The summed E-state index contributed by atoms with van der Waals surface area (Å²) in [6, 6.07) is 34.3. The van der Waals surface area contributed by atoms with Gasteiger partial charge in [0.2, 0.25) is 5.96 Å². The molecular formula is C32H27N5O2. The molecule has 0 fully saturated rings. The van der Waals surface area contributed by atoms with Crippen LogP contribution in [0.4, 0.5) is 17.2 Å². The Morgan fingerprint density at radius 2 is 1.54 bits per heavy atom. The molecule has 2 aliphatic heterocycles. The van der Waals surface area contributed by atoms with Crippen molar-refractivity contribution in [3.8, 4) is 17.2 Å². The number of para-hydroxylation sites is 3. The number of hydrogen-bond acceptors (Lipinski definition) is 6. The maximum atomic E-state index is 10.8. The van der Waals surface area contributed by atoms with Crippen LogP contribution in [0.25, 0.3) is 5.69 Å². The van der Waals surface area contributed by atoms with Crippen molar-refractivity contribution in [3.05, 3.63) is 126 Å². The highest BCUT2D eigenvalue weighted by molar-refractivity contribution is 6.18. The van der Waals surface area contributed by atoms with Crippen LogP contribution in [0.3, 0.4) is 0 Å². The fraction of sp³-hybridized carbons (Fsp3) is 0.125. The summed E-state index contributed by atoms with van der Waals surface area (Å²) in [4.78, 5) is 9.85. The minimum Gasteiger partial charge on any atom is -0.504 e. The molecule has 0 bridgehead atoms. The molecule has 0 saturated heterocycles. The smallest absolute Gasteiger partial charge is 0.213 e. The van der Waals surface area contributed by atoms with Gasteiger partial charge in [-0.3, -0.25) is 4.90 Å². The molecule has 0 spiro atoms. The fourth-order valence-corrected chi connectivity index (χ4v) is 5.65. The number of aliphatic imine (C=N–C) groups is 1. The summed E-state index contributed by atoms with van der Waals surface area (Å²) in [5.41, 5.74) is 7.10. The number of phenols is 1. The molecule has 0 unspecified atom stereocenters. The standard InChI is InChI=1S/C32H27N5O2/c1-21-29-30(23-17-18-28(39-2)27(38)19-23)36-26-16-10-9-15-25(26)35(20-22-11-5-3-6-12-22)32(36)33-31(29)37(34-21)24-13-7-4-8-14-24/h3-19,30,38H,20H2,1-2H3/t30-/m0/s1. The molecule has 0 aliphatic carbocycles. The monoisotopic (exact) mass is 513 g/mol. The van der Waals surface area contributed by atoms with E-state index in [1.54, 1.807) is 13.2 Å². The van der Waals surface area contributed by atoms with Gasteiger partial charge >= 0.3 is 0 Å². The van der Waals surface area contributed by atoms with Gasteiger partial charge in [0.25, 0.3) is 0 Å². The van der Waals surface area contributed by atoms with Crippen molar-refractivity contribution in [3.63, 3.8) is 0 Å². The van der Waals surface area contributed by atoms with Crippen molar-refractivity contribution in [2.75, 3.05) is 16.9 Å². The summed E-state index contributed by atoms with van der Waals surface area (Å²) in [6.07, 6.45) is 0. The predicted molar refractivity (Wildman–Crippen MR) is 153 cm³/mol. The topological polar surface area (TPSA) is 66.1 Å². The second-order valence-electron chi connectivity index (χ2n) is 9.75. The van der Waals surface area contributed by atoms with Crippen molar-refractivity contribution >= 4 is 23.2 Å². The molecule has 0 saturated carbocycles. The number of nitrogens with zero attached hydrogens (tertiary/aromatic N) is 5. The third-order valence-corrected chi connectivity index (χ3v) is 7.41. The van der Waals surface area contributed by atoms with Gasteiger partial charge in [0, 0.05) is 5.56 Å². The van der Waals surface area contributed by atoms with E-state index in [1.807, 2.05) is 60.1 Å². The molecule has 1 aromatic heterocycles. The zero-order chi connectivity index (χ0) is 26.5. The lowest BCUT2D eigenvalue weighted by atomic mass is 9.95. The van der Waals surface area contributed by atoms with Crippen molar-refractivity contribution < 1.29 is 9.84 Å². The number of aromatic hydroxyl groups is 1. The Morgan fingerprint density at radius 1 is 0.846 bits per heavy atom. The average molecular weight is 514 g/mol.